The number of amides is 1. The third-order valence-electron chi connectivity index (χ3n) is 6.14. The highest BCUT2D eigenvalue weighted by molar-refractivity contribution is 6.32. The molecule has 1 amide bonds. The fourth-order valence-electron chi connectivity index (χ4n) is 4.21. The Morgan fingerprint density at radius 2 is 1.71 bits per heavy atom. The summed E-state index contributed by atoms with van der Waals surface area (Å²) < 4.78 is 8.24. The number of aryl methyl sites for hydroxylation is 4. The highest BCUT2D eigenvalue weighted by atomic mass is 35.5. The van der Waals surface area contributed by atoms with Gasteiger partial charge in [0.1, 0.15) is 11.6 Å². The molecule has 182 valence electrons. The van der Waals surface area contributed by atoms with Crippen LogP contribution >= 0.6 is 11.6 Å². The minimum atomic E-state index is -0.0579. The Hall–Kier alpha value is -3.31. The van der Waals surface area contributed by atoms with E-state index in [2.05, 4.69) is 16.0 Å². The first-order chi connectivity index (χ1) is 16.9. The van der Waals surface area contributed by atoms with Crippen LogP contribution in [-0.2, 0) is 13.0 Å². The first-order valence-electron chi connectivity index (χ1n) is 12.1. The summed E-state index contributed by atoms with van der Waals surface area (Å²) in [5.41, 5.74) is 5.98. The topological polar surface area (TPSA) is 56.2 Å². The number of carbonyl (C=O) groups excluding carboxylic acids is 1. The summed E-state index contributed by atoms with van der Waals surface area (Å²) in [5, 5.41) is 3.82. The van der Waals surface area contributed by atoms with Gasteiger partial charge in [-0.1, -0.05) is 41.4 Å². The third-order valence-corrected chi connectivity index (χ3v) is 6.73. The number of hydrogen-bond donors (Lipinski definition) is 1. The van der Waals surface area contributed by atoms with Crippen LogP contribution in [0.25, 0.3) is 11.0 Å². The summed E-state index contributed by atoms with van der Waals surface area (Å²) in [6, 6.07) is 19.8. The Morgan fingerprint density at radius 3 is 2.46 bits per heavy atom. The van der Waals surface area contributed by atoms with E-state index in [1.807, 2.05) is 75.4 Å². The zero-order valence-electron chi connectivity index (χ0n) is 20.6. The summed E-state index contributed by atoms with van der Waals surface area (Å²) in [7, 11) is 0. The number of aromatic nitrogens is 2. The Morgan fingerprint density at radius 1 is 1.00 bits per heavy atom. The smallest absolute Gasteiger partial charge is 0.251 e. The van der Waals surface area contributed by atoms with Gasteiger partial charge in [0.05, 0.1) is 17.6 Å². The zero-order chi connectivity index (χ0) is 24.8. The second kappa shape index (κ2) is 11.4. The number of benzene rings is 3. The number of halogens is 1. The highest BCUT2D eigenvalue weighted by Crippen LogP contribution is 2.26. The van der Waals surface area contributed by atoms with Crippen molar-refractivity contribution < 1.29 is 9.53 Å². The molecule has 1 N–H and O–H groups in total. The number of hydrogen-bond acceptors (Lipinski definition) is 3. The van der Waals surface area contributed by atoms with E-state index in [-0.39, 0.29) is 5.91 Å². The van der Waals surface area contributed by atoms with E-state index in [4.69, 9.17) is 21.3 Å². The molecule has 5 nitrogen and oxygen atoms in total. The summed E-state index contributed by atoms with van der Waals surface area (Å²) in [4.78, 5) is 17.3. The van der Waals surface area contributed by atoms with Crippen molar-refractivity contribution in [2.75, 3.05) is 13.2 Å². The van der Waals surface area contributed by atoms with Crippen LogP contribution in [0.15, 0.2) is 60.7 Å². The van der Waals surface area contributed by atoms with Crippen LogP contribution < -0.4 is 10.1 Å². The Kier molecular flexibility index (Phi) is 8.09. The lowest BCUT2D eigenvalue weighted by atomic mass is 10.1. The molecule has 4 rings (SSSR count). The first kappa shape index (κ1) is 24.8. The highest BCUT2D eigenvalue weighted by Gasteiger charge is 2.12. The number of ether oxygens (including phenoxy) is 1. The number of nitrogens with one attached hydrogen (secondary N) is 1. The minimum Gasteiger partial charge on any atom is -0.494 e. The molecule has 0 atom stereocenters. The number of fused-ring (bicyclic) bond motifs is 1. The van der Waals surface area contributed by atoms with Gasteiger partial charge in [0.2, 0.25) is 0 Å². The van der Waals surface area contributed by atoms with Gasteiger partial charge in [0, 0.05) is 30.1 Å². The fraction of sp³-hybridized carbons (Fsp3) is 0.310. The van der Waals surface area contributed by atoms with Crippen molar-refractivity contribution in [2.45, 2.75) is 46.6 Å². The predicted octanol–water partition coefficient (Wildman–Crippen LogP) is 6.45. The quantitative estimate of drug-likeness (QED) is 0.260. The predicted molar refractivity (Wildman–Crippen MR) is 143 cm³/mol. The van der Waals surface area contributed by atoms with Crippen LogP contribution in [0.1, 0.15) is 45.7 Å². The van der Waals surface area contributed by atoms with Crippen LogP contribution in [0.3, 0.4) is 0 Å². The fourth-order valence-corrected chi connectivity index (χ4v) is 4.32. The average molecular weight is 490 g/mol. The lowest BCUT2D eigenvalue weighted by molar-refractivity contribution is 0.0954. The van der Waals surface area contributed by atoms with Gasteiger partial charge in [-0.25, -0.2) is 4.98 Å². The molecule has 0 spiro atoms. The number of imidazole rings is 1. The zero-order valence-corrected chi connectivity index (χ0v) is 21.4. The summed E-state index contributed by atoms with van der Waals surface area (Å²) in [6.45, 7) is 8.04. The molecule has 0 saturated heterocycles. The second-order valence-electron chi connectivity index (χ2n) is 8.97. The first-order valence-corrected chi connectivity index (χ1v) is 12.5. The van der Waals surface area contributed by atoms with Crippen LogP contribution in [-0.4, -0.2) is 28.6 Å². The number of para-hydroxylation sites is 2. The van der Waals surface area contributed by atoms with Crippen molar-refractivity contribution in [3.05, 3.63) is 93.8 Å². The van der Waals surface area contributed by atoms with Crippen LogP contribution in [0.4, 0.5) is 0 Å². The second-order valence-corrected chi connectivity index (χ2v) is 9.34. The molecule has 3 aromatic carbocycles. The molecule has 0 aliphatic heterocycles. The lowest BCUT2D eigenvalue weighted by Crippen LogP contribution is -2.26. The van der Waals surface area contributed by atoms with Crippen molar-refractivity contribution in [2.24, 2.45) is 0 Å². The molecular weight excluding hydrogens is 458 g/mol. The van der Waals surface area contributed by atoms with Gasteiger partial charge in [-0.05, 0) is 81.1 Å². The monoisotopic (exact) mass is 489 g/mol. The molecule has 4 aromatic rings. The maximum Gasteiger partial charge on any atom is 0.251 e. The van der Waals surface area contributed by atoms with Crippen molar-refractivity contribution >= 4 is 28.5 Å². The van der Waals surface area contributed by atoms with Gasteiger partial charge >= 0.3 is 0 Å². The maximum absolute atomic E-state index is 12.5. The molecule has 0 aliphatic rings. The lowest BCUT2D eigenvalue weighted by Gasteiger charge is -2.12. The van der Waals surface area contributed by atoms with E-state index in [1.165, 1.54) is 0 Å². The van der Waals surface area contributed by atoms with Gasteiger partial charge in [0.25, 0.3) is 5.91 Å². The van der Waals surface area contributed by atoms with Crippen LogP contribution in [0, 0.1) is 20.8 Å². The van der Waals surface area contributed by atoms with Crippen molar-refractivity contribution in [3.63, 3.8) is 0 Å². The Labute approximate surface area is 212 Å². The summed E-state index contributed by atoms with van der Waals surface area (Å²) in [5.74, 6) is 1.79. The average Bonchev–Trinajstić information content (AvgIpc) is 3.20. The molecule has 1 aromatic heterocycles. The summed E-state index contributed by atoms with van der Waals surface area (Å²) in [6.07, 6.45) is 2.57. The van der Waals surface area contributed by atoms with E-state index in [0.29, 0.717) is 25.1 Å². The SMILES string of the molecule is Cc1ccc(C(=O)NCCc2nc3ccccc3n2CCCCOc2cc(C)c(Cl)c(C)c2)cc1. The maximum atomic E-state index is 12.5. The van der Waals surface area contributed by atoms with E-state index >= 15 is 0 Å². The van der Waals surface area contributed by atoms with Crippen molar-refractivity contribution in [1.29, 1.82) is 0 Å². The van der Waals surface area contributed by atoms with Gasteiger partial charge in [-0.2, -0.15) is 0 Å². The van der Waals surface area contributed by atoms with Crippen molar-refractivity contribution in [1.82, 2.24) is 14.9 Å². The van der Waals surface area contributed by atoms with Crippen LogP contribution in [0.5, 0.6) is 5.75 Å². The third kappa shape index (κ3) is 6.23. The van der Waals surface area contributed by atoms with Gasteiger partial charge in [0.15, 0.2) is 0 Å². The summed E-state index contributed by atoms with van der Waals surface area (Å²) >= 11 is 6.26. The van der Waals surface area contributed by atoms with Gasteiger partial charge in [-0.3, -0.25) is 4.79 Å². The Bertz CT molecular complexity index is 1290. The molecule has 6 heteroatoms. The largest absolute Gasteiger partial charge is 0.494 e. The van der Waals surface area contributed by atoms with E-state index in [9.17, 15) is 4.79 Å². The number of rotatable bonds is 10. The van der Waals surface area contributed by atoms with Crippen LogP contribution in [0.2, 0.25) is 5.02 Å². The normalized spacial score (nSPS) is 11.1. The molecule has 0 bridgehead atoms. The molecule has 35 heavy (non-hydrogen) atoms. The number of carbonyl (C=O) groups is 1. The molecule has 1 heterocycles. The number of nitrogens with zero attached hydrogens (tertiary/aromatic N) is 2. The Balaban J connectivity index is 1.33. The van der Waals surface area contributed by atoms with E-state index in [0.717, 1.165) is 63.7 Å². The minimum absolute atomic E-state index is 0.0579. The van der Waals surface area contributed by atoms with Crippen molar-refractivity contribution in [3.8, 4) is 5.75 Å². The van der Waals surface area contributed by atoms with Gasteiger partial charge in [-0.15, -0.1) is 0 Å². The molecule has 0 aliphatic carbocycles. The van der Waals surface area contributed by atoms with Gasteiger partial charge < -0.3 is 14.6 Å². The number of unbranched alkanes of at least 4 members (excludes halogenated alkanes) is 1. The molecule has 0 saturated carbocycles. The molecule has 0 unspecified atom stereocenters. The molecular formula is C29H32ClN3O2. The van der Waals surface area contributed by atoms with E-state index < -0.39 is 0 Å². The molecule has 0 fully saturated rings. The molecule has 0 radical (unpaired) electrons. The standard InChI is InChI=1S/C29H32ClN3O2/c1-20-10-12-23(13-11-20)29(34)31-15-14-27-32-25-8-4-5-9-26(25)33(27)16-6-7-17-35-24-18-21(2)28(30)22(3)19-24/h4-5,8-13,18-19H,6-7,14-17H2,1-3H3,(H,31,34). The van der Waals surface area contributed by atoms with E-state index in [1.54, 1.807) is 0 Å².